The number of methoxy groups -OCH3 is 1. The number of esters is 1. The van der Waals surface area contributed by atoms with Crippen LogP contribution in [0.4, 0.5) is 0 Å². The highest BCUT2D eigenvalue weighted by molar-refractivity contribution is 9.10. The molecule has 0 spiro atoms. The van der Waals surface area contributed by atoms with Crippen molar-refractivity contribution < 1.29 is 27.8 Å². The monoisotopic (exact) mass is 367 g/mol. The Labute approximate surface area is 125 Å². The standard InChI is InChI=1S/C11H14BrNO6S/c1-18-11(15)7-19-10-3-2-8(6-9(10)12)20(16,17)13-4-5-14/h2-3,6,13-14H,4-5,7H2,1H3. The lowest BCUT2D eigenvalue weighted by Gasteiger charge is -2.10. The van der Waals surface area contributed by atoms with Crippen LogP contribution in [0.1, 0.15) is 0 Å². The minimum absolute atomic E-state index is 0.0169. The maximum atomic E-state index is 11.8. The van der Waals surface area contributed by atoms with Crippen LogP contribution in [-0.4, -0.2) is 46.4 Å². The normalized spacial score (nSPS) is 11.2. The van der Waals surface area contributed by atoms with E-state index in [2.05, 4.69) is 25.4 Å². The maximum absolute atomic E-state index is 11.8. The van der Waals surface area contributed by atoms with Crippen LogP contribution in [0.3, 0.4) is 0 Å². The summed E-state index contributed by atoms with van der Waals surface area (Å²) in [7, 11) is -2.45. The van der Waals surface area contributed by atoms with Crippen molar-refractivity contribution in [1.29, 1.82) is 0 Å². The third-order valence-corrected chi connectivity index (χ3v) is 4.27. The average Bonchev–Trinajstić information content (AvgIpc) is 2.43. The Morgan fingerprint density at radius 1 is 1.45 bits per heavy atom. The molecule has 0 aromatic heterocycles. The minimum Gasteiger partial charge on any atom is -0.481 e. The Bertz CT molecular complexity index is 574. The highest BCUT2D eigenvalue weighted by Crippen LogP contribution is 2.27. The summed E-state index contributed by atoms with van der Waals surface area (Å²) in [6.07, 6.45) is 0. The van der Waals surface area contributed by atoms with Crippen molar-refractivity contribution in [2.45, 2.75) is 4.90 Å². The van der Waals surface area contributed by atoms with Crippen molar-refractivity contribution in [2.75, 3.05) is 26.9 Å². The van der Waals surface area contributed by atoms with Crippen molar-refractivity contribution >= 4 is 31.9 Å². The van der Waals surface area contributed by atoms with E-state index in [-0.39, 0.29) is 24.7 Å². The zero-order chi connectivity index (χ0) is 15.2. The molecule has 0 unspecified atom stereocenters. The van der Waals surface area contributed by atoms with Crippen molar-refractivity contribution in [3.05, 3.63) is 22.7 Å². The lowest BCUT2D eigenvalue weighted by atomic mass is 10.3. The van der Waals surface area contributed by atoms with Crippen molar-refractivity contribution in [2.24, 2.45) is 0 Å². The van der Waals surface area contributed by atoms with Gasteiger partial charge in [0.25, 0.3) is 0 Å². The van der Waals surface area contributed by atoms with Crippen LogP contribution in [0.25, 0.3) is 0 Å². The Hall–Kier alpha value is -1.16. The van der Waals surface area contributed by atoms with E-state index in [0.717, 1.165) is 0 Å². The smallest absolute Gasteiger partial charge is 0.343 e. The molecule has 0 radical (unpaired) electrons. The summed E-state index contributed by atoms with van der Waals surface area (Å²) < 4.78 is 35.8. The van der Waals surface area contributed by atoms with Crippen molar-refractivity contribution in [3.8, 4) is 5.75 Å². The Kier molecular flexibility index (Phi) is 6.40. The highest BCUT2D eigenvalue weighted by Gasteiger charge is 2.15. The zero-order valence-electron chi connectivity index (χ0n) is 10.6. The lowest BCUT2D eigenvalue weighted by molar-refractivity contribution is -0.142. The van der Waals surface area contributed by atoms with Crippen LogP contribution < -0.4 is 9.46 Å². The molecule has 7 nitrogen and oxygen atoms in total. The first-order valence-corrected chi connectivity index (χ1v) is 7.78. The third-order valence-electron chi connectivity index (χ3n) is 2.19. The number of ether oxygens (including phenoxy) is 2. The molecule has 0 amide bonds. The van der Waals surface area contributed by atoms with Crippen molar-refractivity contribution in [1.82, 2.24) is 4.72 Å². The van der Waals surface area contributed by atoms with Crippen LogP contribution in [0.15, 0.2) is 27.6 Å². The number of nitrogens with one attached hydrogen (secondary N) is 1. The van der Waals surface area contributed by atoms with Crippen molar-refractivity contribution in [3.63, 3.8) is 0 Å². The second-order valence-corrected chi connectivity index (χ2v) is 6.20. The maximum Gasteiger partial charge on any atom is 0.343 e. The molecule has 1 rings (SSSR count). The molecule has 0 aliphatic rings. The molecule has 0 saturated carbocycles. The van der Waals surface area contributed by atoms with Gasteiger partial charge in [-0.05, 0) is 34.1 Å². The number of benzene rings is 1. The first kappa shape index (κ1) is 16.9. The lowest BCUT2D eigenvalue weighted by Crippen LogP contribution is -2.26. The number of hydrogen-bond acceptors (Lipinski definition) is 6. The van der Waals surface area contributed by atoms with Gasteiger partial charge >= 0.3 is 5.97 Å². The van der Waals surface area contributed by atoms with Gasteiger partial charge in [0.1, 0.15) is 5.75 Å². The third kappa shape index (κ3) is 4.75. The first-order chi connectivity index (χ1) is 9.40. The molecule has 1 aromatic carbocycles. The van der Waals surface area contributed by atoms with E-state index < -0.39 is 16.0 Å². The van der Waals surface area contributed by atoms with Crippen LogP contribution in [0, 0.1) is 0 Å². The number of aliphatic hydroxyl groups excluding tert-OH is 1. The molecule has 0 bridgehead atoms. The van der Waals surface area contributed by atoms with Gasteiger partial charge in [-0.3, -0.25) is 0 Å². The highest BCUT2D eigenvalue weighted by atomic mass is 79.9. The summed E-state index contributed by atoms with van der Waals surface area (Å²) in [5.41, 5.74) is 0. The molecule has 0 aliphatic carbocycles. The molecular weight excluding hydrogens is 354 g/mol. The average molecular weight is 368 g/mol. The molecule has 20 heavy (non-hydrogen) atoms. The fourth-order valence-corrected chi connectivity index (χ4v) is 2.92. The number of aliphatic hydroxyl groups is 1. The first-order valence-electron chi connectivity index (χ1n) is 5.50. The van der Waals surface area contributed by atoms with E-state index >= 15 is 0 Å². The van der Waals surface area contributed by atoms with Crippen LogP contribution in [0.5, 0.6) is 5.75 Å². The molecule has 2 N–H and O–H groups in total. The van der Waals surface area contributed by atoms with Gasteiger partial charge in [-0.25, -0.2) is 17.9 Å². The van der Waals surface area contributed by atoms with Gasteiger partial charge < -0.3 is 14.6 Å². The van der Waals surface area contributed by atoms with Gasteiger partial charge in [-0.15, -0.1) is 0 Å². The number of halogens is 1. The molecule has 0 atom stereocenters. The number of carbonyl (C=O) groups is 1. The van der Waals surface area contributed by atoms with Crippen LogP contribution >= 0.6 is 15.9 Å². The van der Waals surface area contributed by atoms with Gasteiger partial charge in [0, 0.05) is 6.54 Å². The molecule has 0 saturated heterocycles. The second kappa shape index (κ2) is 7.58. The molecule has 0 aliphatic heterocycles. The minimum atomic E-state index is -3.68. The molecule has 9 heteroatoms. The van der Waals surface area contributed by atoms with Crippen LogP contribution in [0.2, 0.25) is 0 Å². The fourth-order valence-electron chi connectivity index (χ4n) is 1.22. The van der Waals surface area contributed by atoms with E-state index in [1.807, 2.05) is 0 Å². The van der Waals surface area contributed by atoms with E-state index in [9.17, 15) is 13.2 Å². The summed E-state index contributed by atoms with van der Waals surface area (Å²) in [5.74, 6) is -0.227. The van der Waals surface area contributed by atoms with Crippen LogP contribution in [-0.2, 0) is 19.6 Å². The number of rotatable bonds is 7. The van der Waals surface area contributed by atoms with Gasteiger partial charge in [-0.1, -0.05) is 0 Å². The number of hydrogen-bond donors (Lipinski definition) is 2. The predicted molar refractivity (Wildman–Crippen MR) is 73.9 cm³/mol. The van der Waals surface area contributed by atoms with Gasteiger partial charge in [0.2, 0.25) is 10.0 Å². The van der Waals surface area contributed by atoms with E-state index in [1.54, 1.807) is 0 Å². The molecule has 0 heterocycles. The second-order valence-electron chi connectivity index (χ2n) is 3.58. The molecular formula is C11H14BrNO6S. The largest absolute Gasteiger partial charge is 0.481 e. The number of sulfonamides is 1. The molecule has 112 valence electrons. The molecule has 0 fully saturated rings. The van der Waals surface area contributed by atoms with Gasteiger partial charge in [0.05, 0.1) is 23.1 Å². The van der Waals surface area contributed by atoms with Gasteiger partial charge in [-0.2, -0.15) is 0 Å². The topological polar surface area (TPSA) is 102 Å². The summed E-state index contributed by atoms with van der Waals surface area (Å²) in [6, 6.07) is 4.09. The summed E-state index contributed by atoms with van der Waals surface area (Å²) in [4.78, 5) is 11.0. The SMILES string of the molecule is COC(=O)COc1ccc(S(=O)(=O)NCCO)cc1Br. The van der Waals surface area contributed by atoms with Gasteiger partial charge in [0.15, 0.2) is 6.61 Å². The Balaban J connectivity index is 2.85. The zero-order valence-corrected chi connectivity index (χ0v) is 13.0. The van der Waals surface area contributed by atoms with E-state index in [1.165, 1.54) is 25.3 Å². The predicted octanol–water partition coefficient (Wildman–Crippen LogP) is 0.272. The Morgan fingerprint density at radius 3 is 2.70 bits per heavy atom. The summed E-state index contributed by atoms with van der Waals surface area (Å²) >= 11 is 3.16. The fraction of sp³-hybridized carbons (Fsp3) is 0.364. The van der Waals surface area contributed by atoms with E-state index in [0.29, 0.717) is 10.2 Å². The Morgan fingerprint density at radius 2 is 2.15 bits per heavy atom. The quantitative estimate of drug-likeness (QED) is 0.670. The van der Waals surface area contributed by atoms with E-state index in [4.69, 9.17) is 9.84 Å². The summed E-state index contributed by atoms with van der Waals surface area (Å²) in [6.45, 7) is -0.634. The summed E-state index contributed by atoms with van der Waals surface area (Å²) in [5, 5.41) is 8.62. The molecule has 1 aromatic rings. The number of carbonyl (C=O) groups excluding carboxylic acids is 1.